The van der Waals surface area contributed by atoms with Crippen molar-refractivity contribution in [2.24, 2.45) is 0 Å². The van der Waals surface area contributed by atoms with Gasteiger partial charge in [0.05, 0.1) is 29.3 Å². The molecule has 0 radical (unpaired) electrons. The Morgan fingerprint density at radius 2 is 2.08 bits per heavy atom. The first-order valence-corrected chi connectivity index (χ1v) is 12.3. The molecule has 3 heterocycles. The molecule has 2 aromatic heterocycles. The van der Waals surface area contributed by atoms with Gasteiger partial charge < -0.3 is 15.6 Å². The Bertz CT molecular complexity index is 1430. The van der Waals surface area contributed by atoms with Crippen molar-refractivity contribution in [2.45, 2.75) is 38.1 Å². The topological polar surface area (TPSA) is 130 Å². The van der Waals surface area contributed by atoms with E-state index in [1.54, 1.807) is 16.9 Å². The molecule has 5 rings (SSSR count). The summed E-state index contributed by atoms with van der Waals surface area (Å²) in [4.78, 5) is 33.3. The summed E-state index contributed by atoms with van der Waals surface area (Å²) in [6, 6.07) is 12.6. The number of allylic oxidation sites excluding steroid dienone is 1. The average Bonchev–Trinajstić information content (AvgIpc) is 3.60. The summed E-state index contributed by atoms with van der Waals surface area (Å²) in [5.41, 5.74) is 3.94. The summed E-state index contributed by atoms with van der Waals surface area (Å²) < 4.78 is 1.55. The average molecular weight is 517 g/mol. The standard InChI is InChI=1S/C26H25ClN8O2/c27-18-11-12-23(35-16-29-33-34-35)17(14-18)10-13-25(37)31-21-8-2-1-3-9-24(36)30-20-7-5-4-6-19(20)22-15-28-26(21)32-22/h1-2,4-7,11-12,14-16,21H,3,8-10,13H2,(H,28,32)(H,30,36)(H,31,37)/b2-1+/t21-/m0/s1. The van der Waals surface area contributed by atoms with E-state index in [4.69, 9.17) is 11.6 Å². The van der Waals surface area contributed by atoms with Gasteiger partial charge in [-0.05, 0) is 59.5 Å². The predicted octanol–water partition coefficient (Wildman–Crippen LogP) is 4.17. The van der Waals surface area contributed by atoms with Crippen LogP contribution in [-0.2, 0) is 16.0 Å². The molecule has 1 atom stereocenters. The number of aromatic amines is 1. The number of nitrogens with zero attached hydrogens (tertiary/aromatic N) is 5. The summed E-state index contributed by atoms with van der Waals surface area (Å²) >= 11 is 6.21. The Morgan fingerprint density at radius 3 is 2.95 bits per heavy atom. The number of halogens is 1. The number of fused-ring (bicyclic) bond motifs is 4. The molecular weight excluding hydrogens is 492 g/mol. The van der Waals surface area contributed by atoms with Crippen molar-refractivity contribution in [3.8, 4) is 16.9 Å². The maximum absolute atomic E-state index is 13.0. The molecule has 0 spiro atoms. The first-order valence-electron chi connectivity index (χ1n) is 12.0. The number of hydrogen-bond acceptors (Lipinski definition) is 6. The van der Waals surface area contributed by atoms with Crippen LogP contribution < -0.4 is 10.6 Å². The van der Waals surface area contributed by atoms with Gasteiger partial charge in [0, 0.05) is 23.4 Å². The number of amides is 2. The Kier molecular flexibility index (Phi) is 7.36. The van der Waals surface area contributed by atoms with E-state index in [9.17, 15) is 9.59 Å². The van der Waals surface area contributed by atoms with E-state index in [1.165, 1.54) is 6.33 Å². The van der Waals surface area contributed by atoms with E-state index in [0.717, 1.165) is 22.5 Å². The van der Waals surface area contributed by atoms with Crippen molar-refractivity contribution in [1.82, 2.24) is 35.5 Å². The third-order valence-electron chi connectivity index (χ3n) is 6.09. The monoisotopic (exact) mass is 516 g/mol. The molecule has 0 unspecified atom stereocenters. The summed E-state index contributed by atoms with van der Waals surface area (Å²) in [5.74, 6) is 0.467. The normalized spacial score (nSPS) is 16.5. The highest BCUT2D eigenvalue weighted by Gasteiger charge is 2.19. The van der Waals surface area contributed by atoms with E-state index in [1.807, 2.05) is 48.6 Å². The molecule has 37 heavy (non-hydrogen) atoms. The quantitative estimate of drug-likeness (QED) is 0.341. The summed E-state index contributed by atoms with van der Waals surface area (Å²) in [6.07, 6.45) is 9.36. The zero-order chi connectivity index (χ0) is 25.6. The molecule has 11 heteroatoms. The highest BCUT2D eigenvalue weighted by molar-refractivity contribution is 6.30. The van der Waals surface area contributed by atoms with Crippen LogP contribution in [-0.4, -0.2) is 42.0 Å². The number of tetrazole rings is 1. The van der Waals surface area contributed by atoms with Gasteiger partial charge in [-0.2, -0.15) is 0 Å². The van der Waals surface area contributed by atoms with E-state index in [0.29, 0.717) is 42.2 Å². The molecule has 10 nitrogen and oxygen atoms in total. The molecule has 0 fully saturated rings. The molecule has 2 amide bonds. The van der Waals surface area contributed by atoms with Gasteiger partial charge in [-0.3, -0.25) is 9.59 Å². The smallest absolute Gasteiger partial charge is 0.224 e. The predicted molar refractivity (Wildman–Crippen MR) is 139 cm³/mol. The molecular formula is C26H25ClN8O2. The lowest BCUT2D eigenvalue weighted by atomic mass is 10.1. The molecule has 0 saturated carbocycles. The fraction of sp³-hybridized carbons (Fsp3) is 0.231. The molecule has 0 saturated heterocycles. The first-order chi connectivity index (χ1) is 18.1. The molecule has 1 aliphatic rings. The summed E-state index contributed by atoms with van der Waals surface area (Å²) in [6.45, 7) is 0. The minimum atomic E-state index is -0.354. The van der Waals surface area contributed by atoms with Gasteiger partial charge in [-0.25, -0.2) is 9.67 Å². The van der Waals surface area contributed by atoms with Gasteiger partial charge in [0.15, 0.2) is 0 Å². The van der Waals surface area contributed by atoms with Gasteiger partial charge in [0.1, 0.15) is 12.2 Å². The number of benzene rings is 2. The Morgan fingerprint density at radius 1 is 1.19 bits per heavy atom. The number of hydrogen-bond donors (Lipinski definition) is 3. The van der Waals surface area contributed by atoms with Crippen molar-refractivity contribution >= 4 is 29.1 Å². The Hall–Kier alpha value is -4.31. The first kappa shape index (κ1) is 24.4. The number of carbonyl (C=O) groups excluding carboxylic acids is 2. The minimum Gasteiger partial charge on any atom is -0.346 e. The van der Waals surface area contributed by atoms with Crippen LogP contribution in [0.2, 0.25) is 5.02 Å². The third kappa shape index (κ3) is 5.92. The van der Waals surface area contributed by atoms with E-state index < -0.39 is 0 Å². The van der Waals surface area contributed by atoms with Gasteiger partial charge in [-0.1, -0.05) is 42.0 Å². The maximum atomic E-state index is 13.0. The summed E-state index contributed by atoms with van der Waals surface area (Å²) in [7, 11) is 0. The number of nitrogens with one attached hydrogen (secondary N) is 3. The number of carbonyl (C=O) groups is 2. The van der Waals surface area contributed by atoms with Crippen molar-refractivity contribution in [3.63, 3.8) is 0 Å². The largest absolute Gasteiger partial charge is 0.346 e. The van der Waals surface area contributed by atoms with Crippen molar-refractivity contribution in [3.05, 3.63) is 83.6 Å². The summed E-state index contributed by atoms with van der Waals surface area (Å²) in [5, 5.41) is 18.0. The fourth-order valence-corrected chi connectivity index (χ4v) is 4.45. The van der Waals surface area contributed by atoms with Crippen molar-refractivity contribution in [1.29, 1.82) is 0 Å². The number of aromatic nitrogens is 6. The van der Waals surface area contributed by atoms with Gasteiger partial charge >= 0.3 is 0 Å². The van der Waals surface area contributed by atoms with E-state index in [-0.39, 0.29) is 24.3 Å². The third-order valence-corrected chi connectivity index (χ3v) is 6.32. The lowest BCUT2D eigenvalue weighted by Gasteiger charge is -2.16. The van der Waals surface area contributed by atoms with Crippen LogP contribution >= 0.6 is 11.6 Å². The Balaban J connectivity index is 1.34. The maximum Gasteiger partial charge on any atom is 0.224 e. The van der Waals surface area contributed by atoms with Gasteiger partial charge in [0.2, 0.25) is 11.8 Å². The highest BCUT2D eigenvalue weighted by Crippen LogP contribution is 2.29. The van der Waals surface area contributed by atoms with Crippen molar-refractivity contribution in [2.75, 3.05) is 5.32 Å². The molecule has 3 N–H and O–H groups in total. The number of H-pyrrole nitrogens is 1. The molecule has 1 aliphatic heterocycles. The zero-order valence-corrected chi connectivity index (χ0v) is 20.7. The van der Waals surface area contributed by atoms with Gasteiger partial charge in [-0.15, -0.1) is 5.10 Å². The fourth-order valence-electron chi connectivity index (χ4n) is 4.26. The molecule has 4 aromatic rings. The van der Waals surface area contributed by atoms with Crippen LogP contribution in [0.25, 0.3) is 16.9 Å². The van der Waals surface area contributed by atoms with Crippen molar-refractivity contribution < 1.29 is 9.59 Å². The molecule has 188 valence electrons. The number of anilines is 1. The lowest BCUT2D eigenvalue weighted by Crippen LogP contribution is -2.29. The second-order valence-electron chi connectivity index (χ2n) is 8.67. The van der Waals surface area contributed by atoms with Crippen LogP contribution in [0.3, 0.4) is 0 Å². The van der Waals surface area contributed by atoms with Crippen LogP contribution in [0, 0.1) is 0 Å². The zero-order valence-electron chi connectivity index (χ0n) is 19.9. The SMILES string of the molecule is O=C1CC/C=C/C[C@H](NC(=O)CCc2cc(Cl)ccc2-n2cnnn2)c2ncc([nH]2)-c2ccccc2N1. The number of para-hydroxylation sites is 1. The van der Waals surface area contributed by atoms with Crippen LogP contribution in [0.15, 0.2) is 67.1 Å². The van der Waals surface area contributed by atoms with Gasteiger partial charge in [0.25, 0.3) is 0 Å². The van der Waals surface area contributed by atoms with Crippen LogP contribution in [0.5, 0.6) is 0 Å². The number of aryl methyl sites for hydroxylation is 1. The minimum absolute atomic E-state index is 0.0528. The highest BCUT2D eigenvalue weighted by atomic mass is 35.5. The molecule has 0 aliphatic carbocycles. The number of imidazole rings is 1. The van der Waals surface area contributed by atoms with Crippen LogP contribution in [0.1, 0.15) is 43.1 Å². The second-order valence-corrected chi connectivity index (χ2v) is 9.11. The van der Waals surface area contributed by atoms with E-state index >= 15 is 0 Å². The second kappa shape index (κ2) is 11.2. The van der Waals surface area contributed by atoms with Crippen LogP contribution in [0.4, 0.5) is 5.69 Å². The molecule has 2 bridgehead atoms. The van der Waals surface area contributed by atoms with E-state index in [2.05, 4.69) is 36.1 Å². The lowest BCUT2D eigenvalue weighted by molar-refractivity contribution is -0.122. The Labute approximate surface area is 218 Å². The molecule has 2 aromatic carbocycles. The number of rotatable bonds is 5.